The molecule has 2 nitrogen and oxygen atoms in total. The van der Waals surface area contributed by atoms with E-state index in [2.05, 4.69) is 11.8 Å². The average molecular weight is 249 g/mol. The van der Waals surface area contributed by atoms with Gasteiger partial charge in [-0.1, -0.05) is 31.9 Å². The van der Waals surface area contributed by atoms with E-state index in [0.717, 1.165) is 6.54 Å². The molecule has 0 N–H and O–H groups in total. The molecule has 1 aromatic carbocycles. The van der Waals surface area contributed by atoms with Crippen molar-refractivity contribution in [1.82, 2.24) is 4.90 Å². The van der Waals surface area contributed by atoms with Crippen LogP contribution in [0.25, 0.3) is 0 Å². The van der Waals surface area contributed by atoms with Crippen molar-refractivity contribution in [3.8, 4) is 0 Å². The summed E-state index contributed by atoms with van der Waals surface area (Å²) >= 11 is 0. The number of carbonyl (C=O) groups excluding carboxylic acids is 1. The summed E-state index contributed by atoms with van der Waals surface area (Å²) < 4.78 is 13.1. The summed E-state index contributed by atoms with van der Waals surface area (Å²) in [5, 5.41) is 0. The number of nitrogens with zero attached hydrogens (tertiary/aromatic N) is 1. The zero-order valence-electron chi connectivity index (χ0n) is 10.9. The molecule has 3 heteroatoms. The quantitative estimate of drug-likeness (QED) is 0.746. The van der Waals surface area contributed by atoms with Gasteiger partial charge in [0.15, 0.2) is 5.78 Å². The third kappa shape index (κ3) is 3.16. The largest absolute Gasteiger partial charge is 0.293 e. The van der Waals surface area contributed by atoms with Gasteiger partial charge in [0.2, 0.25) is 0 Å². The van der Waals surface area contributed by atoms with Gasteiger partial charge in [0, 0.05) is 11.6 Å². The van der Waals surface area contributed by atoms with Gasteiger partial charge in [0.05, 0.1) is 6.54 Å². The Kier molecular flexibility index (Phi) is 4.48. The summed E-state index contributed by atoms with van der Waals surface area (Å²) in [5.74, 6) is -0.326. The van der Waals surface area contributed by atoms with Gasteiger partial charge >= 0.3 is 0 Å². The fraction of sp³-hybridized carbons (Fsp3) is 0.533. The topological polar surface area (TPSA) is 20.3 Å². The van der Waals surface area contributed by atoms with Crippen molar-refractivity contribution < 1.29 is 9.18 Å². The Hall–Kier alpha value is -1.22. The maximum atomic E-state index is 13.1. The van der Waals surface area contributed by atoms with Crippen molar-refractivity contribution in [3.05, 3.63) is 35.6 Å². The highest BCUT2D eigenvalue weighted by atomic mass is 19.1. The highest BCUT2D eigenvalue weighted by Crippen LogP contribution is 2.23. The van der Waals surface area contributed by atoms with E-state index < -0.39 is 0 Å². The van der Waals surface area contributed by atoms with E-state index in [4.69, 9.17) is 0 Å². The standard InChI is InChI=1S/C15H20FNO/c1-2-17(14-8-3-4-9-14)11-15(18)12-6-5-7-13(16)10-12/h5-7,10,14H,2-4,8-9,11H2,1H3. The minimum atomic E-state index is -0.343. The molecule has 1 saturated carbocycles. The molecule has 0 bridgehead atoms. The Labute approximate surface area is 108 Å². The monoisotopic (exact) mass is 249 g/mol. The van der Waals surface area contributed by atoms with Crippen molar-refractivity contribution in [2.75, 3.05) is 13.1 Å². The molecule has 1 fully saturated rings. The van der Waals surface area contributed by atoms with Crippen LogP contribution >= 0.6 is 0 Å². The summed E-state index contributed by atoms with van der Waals surface area (Å²) in [4.78, 5) is 14.3. The number of benzene rings is 1. The van der Waals surface area contributed by atoms with Crippen LogP contribution in [0.1, 0.15) is 43.0 Å². The first-order valence-electron chi connectivity index (χ1n) is 6.73. The summed E-state index contributed by atoms with van der Waals surface area (Å²) in [6, 6.07) is 6.51. The second-order valence-corrected chi connectivity index (χ2v) is 4.93. The maximum Gasteiger partial charge on any atom is 0.176 e. The van der Waals surface area contributed by atoms with Crippen LogP contribution in [0.15, 0.2) is 24.3 Å². The fourth-order valence-electron chi connectivity index (χ4n) is 2.71. The first-order chi connectivity index (χ1) is 8.70. The lowest BCUT2D eigenvalue weighted by Crippen LogP contribution is -2.37. The second-order valence-electron chi connectivity index (χ2n) is 4.93. The molecule has 0 spiro atoms. The normalized spacial score (nSPS) is 16.4. The van der Waals surface area contributed by atoms with Crippen molar-refractivity contribution in [2.24, 2.45) is 0 Å². The van der Waals surface area contributed by atoms with Gasteiger partial charge in [0.25, 0.3) is 0 Å². The van der Waals surface area contributed by atoms with Crippen molar-refractivity contribution in [2.45, 2.75) is 38.6 Å². The van der Waals surface area contributed by atoms with E-state index in [9.17, 15) is 9.18 Å². The molecule has 2 rings (SSSR count). The van der Waals surface area contributed by atoms with Gasteiger partial charge in [-0.15, -0.1) is 0 Å². The van der Waals surface area contributed by atoms with Gasteiger partial charge in [-0.3, -0.25) is 9.69 Å². The second kappa shape index (κ2) is 6.10. The van der Waals surface area contributed by atoms with Crippen LogP contribution in [-0.2, 0) is 0 Å². The zero-order valence-corrected chi connectivity index (χ0v) is 10.9. The van der Waals surface area contributed by atoms with Crippen LogP contribution in [-0.4, -0.2) is 29.8 Å². The smallest absolute Gasteiger partial charge is 0.176 e. The fourth-order valence-corrected chi connectivity index (χ4v) is 2.71. The molecule has 0 saturated heterocycles. The molecule has 0 radical (unpaired) electrons. The predicted octanol–water partition coefficient (Wildman–Crippen LogP) is 3.27. The Morgan fingerprint density at radius 2 is 2.11 bits per heavy atom. The molecule has 0 heterocycles. The minimum Gasteiger partial charge on any atom is -0.293 e. The van der Waals surface area contributed by atoms with E-state index in [-0.39, 0.29) is 11.6 Å². The number of Topliss-reactive ketones (excluding diaryl/α,β-unsaturated/α-hetero) is 1. The molecule has 0 atom stereocenters. The number of ketones is 1. The van der Waals surface area contributed by atoms with Crippen LogP contribution in [0.4, 0.5) is 4.39 Å². The molecule has 0 aliphatic heterocycles. The first-order valence-corrected chi connectivity index (χ1v) is 6.73. The maximum absolute atomic E-state index is 13.1. The number of hydrogen-bond acceptors (Lipinski definition) is 2. The predicted molar refractivity (Wildman–Crippen MR) is 70.2 cm³/mol. The van der Waals surface area contributed by atoms with Crippen LogP contribution in [0.2, 0.25) is 0 Å². The van der Waals surface area contributed by atoms with E-state index >= 15 is 0 Å². The average Bonchev–Trinajstić information content (AvgIpc) is 2.89. The molecule has 1 aliphatic rings. The number of halogens is 1. The molecular formula is C15H20FNO. The highest BCUT2D eigenvalue weighted by Gasteiger charge is 2.23. The molecular weight excluding hydrogens is 229 g/mol. The Balaban J connectivity index is 2.00. The van der Waals surface area contributed by atoms with E-state index in [1.54, 1.807) is 12.1 Å². The van der Waals surface area contributed by atoms with E-state index in [1.165, 1.54) is 37.8 Å². The molecule has 98 valence electrons. The summed E-state index contributed by atoms with van der Waals surface area (Å²) in [5.41, 5.74) is 0.478. The van der Waals surface area contributed by atoms with Gasteiger partial charge in [0.1, 0.15) is 5.82 Å². The molecule has 18 heavy (non-hydrogen) atoms. The zero-order chi connectivity index (χ0) is 13.0. The number of hydrogen-bond donors (Lipinski definition) is 0. The van der Waals surface area contributed by atoms with Gasteiger partial charge in [-0.25, -0.2) is 4.39 Å². The van der Waals surface area contributed by atoms with E-state index in [1.807, 2.05) is 0 Å². The molecule has 0 amide bonds. The van der Waals surface area contributed by atoms with Crippen molar-refractivity contribution in [3.63, 3.8) is 0 Å². The third-order valence-corrected chi connectivity index (χ3v) is 3.74. The van der Waals surface area contributed by atoms with Crippen LogP contribution < -0.4 is 0 Å². The third-order valence-electron chi connectivity index (χ3n) is 3.74. The van der Waals surface area contributed by atoms with Gasteiger partial charge in [-0.05, 0) is 31.5 Å². The summed E-state index contributed by atoms with van der Waals surface area (Å²) in [6.45, 7) is 3.37. The van der Waals surface area contributed by atoms with Crippen LogP contribution in [0.5, 0.6) is 0 Å². The first kappa shape index (κ1) is 13.2. The van der Waals surface area contributed by atoms with E-state index in [0.29, 0.717) is 18.2 Å². The summed E-state index contributed by atoms with van der Waals surface area (Å²) in [6.07, 6.45) is 4.89. The number of likely N-dealkylation sites (N-methyl/N-ethyl adjacent to an activating group) is 1. The van der Waals surface area contributed by atoms with Crippen molar-refractivity contribution in [1.29, 1.82) is 0 Å². The van der Waals surface area contributed by atoms with Crippen molar-refractivity contribution >= 4 is 5.78 Å². The van der Waals surface area contributed by atoms with Crippen LogP contribution in [0.3, 0.4) is 0 Å². The molecule has 1 aliphatic carbocycles. The molecule has 0 aromatic heterocycles. The molecule has 1 aromatic rings. The SMILES string of the molecule is CCN(CC(=O)c1cccc(F)c1)C1CCCC1. The number of carbonyl (C=O) groups is 1. The summed E-state index contributed by atoms with van der Waals surface area (Å²) in [7, 11) is 0. The minimum absolute atomic E-state index is 0.0169. The van der Waals surface area contributed by atoms with Crippen LogP contribution in [0, 0.1) is 5.82 Å². The highest BCUT2D eigenvalue weighted by molar-refractivity contribution is 5.97. The number of rotatable bonds is 5. The Morgan fingerprint density at radius 1 is 1.39 bits per heavy atom. The Bertz CT molecular complexity index is 413. The Morgan fingerprint density at radius 3 is 2.72 bits per heavy atom. The lowest BCUT2D eigenvalue weighted by Gasteiger charge is -2.26. The lowest BCUT2D eigenvalue weighted by molar-refractivity contribution is 0.0899. The lowest BCUT2D eigenvalue weighted by atomic mass is 10.1. The molecule has 0 unspecified atom stereocenters. The van der Waals surface area contributed by atoms with Gasteiger partial charge < -0.3 is 0 Å². The van der Waals surface area contributed by atoms with Gasteiger partial charge in [-0.2, -0.15) is 0 Å².